The monoisotopic (exact) mass is 332 g/mol. The van der Waals surface area contributed by atoms with Crippen LogP contribution in [0, 0.1) is 15.2 Å². The average molecular weight is 333 g/mol. The van der Waals surface area contributed by atoms with Crippen LogP contribution in [0.15, 0.2) is 12.1 Å². The minimum atomic E-state index is -0.507. The molecule has 1 aromatic rings. The summed E-state index contributed by atoms with van der Waals surface area (Å²) in [5.74, 6) is -1.01. The quantitative estimate of drug-likeness (QED) is 0.420. The third-order valence-corrected chi connectivity index (χ3v) is 2.66. The molecule has 0 unspecified atom stereocenters. The SMILES string of the molecule is Fc1cc(F)c(CBr)cc1I. The summed E-state index contributed by atoms with van der Waals surface area (Å²) < 4.78 is 25.8. The Morgan fingerprint density at radius 3 is 2.45 bits per heavy atom. The van der Waals surface area contributed by atoms with E-state index in [1.807, 2.05) is 22.6 Å². The standard InChI is InChI=1S/C7H4BrF2I/c8-3-4-1-7(11)6(10)2-5(4)9/h1-2H,3H2. The Labute approximate surface area is 85.3 Å². The summed E-state index contributed by atoms with van der Waals surface area (Å²) in [7, 11) is 0. The number of benzene rings is 1. The van der Waals surface area contributed by atoms with Crippen LogP contribution in [0.4, 0.5) is 8.78 Å². The van der Waals surface area contributed by atoms with Crippen LogP contribution in [0.25, 0.3) is 0 Å². The van der Waals surface area contributed by atoms with E-state index in [0.29, 0.717) is 14.5 Å². The highest BCUT2D eigenvalue weighted by atomic mass is 127. The van der Waals surface area contributed by atoms with Crippen molar-refractivity contribution in [1.82, 2.24) is 0 Å². The Bertz CT molecular complexity index is 275. The molecule has 0 amide bonds. The molecule has 4 heteroatoms. The Hall–Kier alpha value is 0.290. The van der Waals surface area contributed by atoms with Crippen molar-refractivity contribution in [2.24, 2.45) is 0 Å². The molecule has 1 rings (SSSR count). The summed E-state index contributed by atoms with van der Waals surface area (Å²) in [5, 5.41) is 0.412. The van der Waals surface area contributed by atoms with Crippen LogP contribution in [-0.2, 0) is 5.33 Å². The molecule has 0 saturated carbocycles. The maximum atomic E-state index is 12.8. The van der Waals surface area contributed by atoms with E-state index >= 15 is 0 Å². The first-order valence-electron chi connectivity index (χ1n) is 2.84. The number of rotatable bonds is 1. The van der Waals surface area contributed by atoms with E-state index in [4.69, 9.17) is 0 Å². The van der Waals surface area contributed by atoms with Gasteiger partial charge in [0, 0.05) is 15.0 Å². The third-order valence-electron chi connectivity index (χ3n) is 1.23. The van der Waals surface area contributed by atoms with Gasteiger partial charge in [0.2, 0.25) is 0 Å². The van der Waals surface area contributed by atoms with E-state index in [-0.39, 0.29) is 0 Å². The van der Waals surface area contributed by atoms with E-state index in [0.717, 1.165) is 6.07 Å². The molecular formula is C7H4BrF2I. The maximum absolute atomic E-state index is 12.8. The molecular weight excluding hydrogens is 329 g/mol. The van der Waals surface area contributed by atoms with Crippen LogP contribution in [0.3, 0.4) is 0 Å². The molecule has 0 radical (unpaired) electrons. The van der Waals surface area contributed by atoms with Gasteiger partial charge < -0.3 is 0 Å². The molecule has 1 aromatic carbocycles. The lowest BCUT2D eigenvalue weighted by Crippen LogP contribution is -1.90. The fourth-order valence-electron chi connectivity index (χ4n) is 0.666. The zero-order chi connectivity index (χ0) is 8.43. The van der Waals surface area contributed by atoms with Gasteiger partial charge in [-0.2, -0.15) is 0 Å². The summed E-state index contributed by atoms with van der Waals surface area (Å²) in [5.41, 5.74) is 0.482. The Balaban J connectivity index is 3.21. The number of alkyl halides is 1. The Morgan fingerprint density at radius 2 is 1.91 bits per heavy atom. The second-order valence-electron chi connectivity index (χ2n) is 1.99. The van der Waals surface area contributed by atoms with E-state index in [2.05, 4.69) is 15.9 Å². The fourth-order valence-corrected chi connectivity index (χ4v) is 1.63. The van der Waals surface area contributed by atoms with Crippen molar-refractivity contribution >= 4 is 38.5 Å². The van der Waals surface area contributed by atoms with Crippen LogP contribution in [-0.4, -0.2) is 0 Å². The zero-order valence-corrected chi connectivity index (χ0v) is 9.12. The van der Waals surface area contributed by atoms with E-state index < -0.39 is 11.6 Å². The van der Waals surface area contributed by atoms with Gasteiger partial charge in [0.25, 0.3) is 0 Å². The van der Waals surface area contributed by atoms with Crippen molar-refractivity contribution in [3.05, 3.63) is 32.9 Å². The second kappa shape index (κ2) is 3.80. The van der Waals surface area contributed by atoms with Crippen molar-refractivity contribution in [3.8, 4) is 0 Å². The maximum Gasteiger partial charge on any atom is 0.139 e. The van der Waals surface area contributed by atoms with Crippen molar-refractivity contribution in [3.63, 3.8) is 0 Å². The number of halogens is 4. The topological polar surface area (TPSA) is 0 Å². The molecule has 0 aromatic heterocycles. The smallest absolute Gasteiger partial charge is 0.139 e. The number of hydrogen-bond acceptors (Lipinski definition) is 0. The minimum absolute atomic E-state index is 0.412. The molecule has 0 aliphatic heterocycles. The highest BCUT2D eigenvalue weighted by molar-refractivity contribution is 14.1. The molecule has 11 heavy (non-hydrogen) atoms. The zero-order valence-electron chi connectivity index (χ0n) is 5.37. The predicted octanol–water partition coefficient (Wildman–Crippen LogP) is 3.46. The Kier molecular flexibility index (Phi) is 3.24. The molecule has 0 saturated heterocycles. The van der Waals surface area contributed by atoms with Gasteiger partial charge in [-0.3, -0.25) is 0 Å². The number of hydrogen-bond donors (Lipinski definition) is 0. The van der Waals surface area contributed by atoms with Crippen LogP contribution >= 0.6 is 38.5 Å². The Morgan fingerprint density at radius 1 is 1.27 bits per heavy atom. The molecule has 0 fully saturated rings. The molecule has 60 valence electrons. The molecule has 0 bridgehead atoms. The van der Waals surface area contributed by atoms with Gasteiger partial charge in [-0.05, 0) is 34.2 Å². The molecule has 0 heterocycles. The van der Waals surface area contributed by atoms with E-state index in [9.17, 15) is 8.78 Å². The van der Waals surface area contributed by atoms with Crippen molar-refractivity contribution < 1.29 is 8.78 Å². The summed E-state index contributed by atoms with van der Waals surface area (Å²) in [6.45, 7) is 0. The second-order valence-corrected chi connectivity index (χ2v) is 3.71. The summed E-state index contributed by atoms with van der Waals surface area (Å²) in [6.07, 6.45) is 0. The lowest BCUT2D eigenvalue weighted by atomic mass is 10.2. The van der Waals surface area contributed by atoms with Crippen molar-refractivity contribution in [2.75, 3.05) is 0 Å². The normalized spacial score (nSPS) is 10.2. The van der Waals surface area contributed by atoms with Gasteiger partial charge in [-0.25, -0.2) is 8.78 Å². The summed E-state index contributed by atoms with van der Waals surface area (Å²) >= 11 is 4.93. The molecule has 0 aliphatic rings. The van der Waals surface area contributed by atoms with Gasteiger partial charge in [0.1, 0.15) is 11.6 Å². The highest BCUT2D eigenvalue weighted by Gasteiger charge is 2.05. The van der Waals surface area contributed by atoms with Gasteiger partial charge in [0.15, 0.2) is 0 Å². The third kappa shape index (κ3) is 2.11. The van der Waals surface area contributed by atoms with Gasteiger partial charge in [-0.1, -0.05) is 15.9 Å². The fraction of sp³-hybridized carbons (Fsp3) is 0.143. The minimum Gasteiger partial charge on any atom is -0.207 e. The first-order valence-corrected chi connectivity index (χ1v) is 5.04. The molecule has 0 spiro atoms. The average Bonchev–Trinajstić information content (AvgIpc) is 1.97. The molecule has 0 atom stereocenters. The van der Waals surface area contributed by atoms with Gasteiger partial charge >= 0.3 is 0 Å². The van der Waals surface area contributed by atoms with E-state index in [1.54, 1.807) is 0 Å². The van der Waals surface area contributed by atoms with Crippen LogP contribution in [0.2, 0.25) is 0 Å². The van der Waals surface area contributed by atoms with Crippen molar-refractivity contribution in [2.45, 2.75) is 5.33 Å². The first-order chi connectivity index (χ1) is 5.15. The first kappa shape index (κ1) is 9.38. The molecule has 0 N–H and O–H groups in total. The van der Waals surface area contributed by atoms with Gasteiger partial charge in [0.05, 0.1) is 0 Å². The van der Waals surface area contributed by atoms with Crippen molar-refractivity contribution in [1.29, 1.82) is 0 Å². The lowest BCUT2D eigenvalue weighted by molar-refractivity contribution is 0.572. The summed E-state index contributed by atoms with van der Waals surface area (Å²) in [6, 6.07) is 2.39. The van der Waals surface area contributed by atoms with Crippen LogP contribution in [0.5, 0.6) is 0 Å². The largest absolute Gasteiger partial charge is 0.207 e. The molecule has 0 aliphatic carbocycles. The van der Waals surface area contributed by atoms with Crippen LogP contribution < -0.4 is 0 Å². The predicted molar refractivity (Wildman–Crippen MR) is 51.7 cm³/mol. The lowest BCUT2D eigenvalue weighted by Gasteiger charge is -1.99. The van der Waals surface area contributed by atoms with E-state index in [1.165, 1.54) is 6.07 Å². The highest BCUT2D eigenvalue weighted by Crippen LogP contribution is 2.18. The van der Waals surface area contributed by atoms with Gasteiger partial charge in [-0.15, -0.1) is 0 Å². The molecule has 0 nitrogen and oxygen atoms in total. The summed E-state index contributed by atoms with van der Waals surface area (Å²) in [4.78, 5) is 0. The van der Waals surface area contributed by atoms with Crippen LogP contribution in [0.1, 0.15) is 5.56 Å².